The Kier molecular flexibility index (Phi) is 3.66. The third kappa shape index (κ3) is 3.33. The molecule has 0 bridgehead atoms. The Labute approximate surface area is 106 Å². The Morgan fingerprint density at radius 2 is 2.00 bits per heavy atom. The number of nitrogens with one attached hydrogen (secondary N) is 2. The number of hydrogen-bond donors (Lipinski definition) is 2. The van der Waals surface area contributed by atoms with Crippen molar-refractivity contribution in [3.8, 4) is 0 Å². The SMILES string of the molecule is CCc1cc(NS(=O)(=O)Cc2ccccc2)n[nH]1. The molecule has 0 amide bonds. The van der Waals surface area contributed by atoms with Crippen molar-refractivity contribution in [2.45, 2.75) is 19.1 Å². The van der Waals surface area contributed by atoms with Gasteiger partial charge in [-0.15, -0.1) is 0 Å². The molecule has 0 spiro atoms. The number of H-pyrrole nitrogens is 1. The number of aryl methyl sites for hydroxylation is 1. The van der Waals surface area contributed by atoms with Gasteiger partial charge >= 0.3 is 0 Å². The van der Waals surface area contributed by atoms with Gasteiger partial charge < -0.3 is 0 Å². The van der Waals surface area contributed by atoms with Gasteiger partial charge in [-0.25, -0.2) is 8.42 Å². The molecule has 2 aromatic rings. The second-order valence-electron chi connectivity index (χ2n) is 3.98. The highest BCUT2D eigenvalue weighted by molar-refractivity contribution is 7.91. The van der Waals surface area contributed by atoms with Crippen molar-refractivity contribution >= 4 is 15.8 Å². The first-order valence-corrected chi connectivity index (χ1v) is 7.33. The van der Waals surface area contributed by atoms with E-state index in [0.29, 0.717) is 5.82 Å². The zero-order valence-corrected chi connectivity index (χ0v) is 10.9. The molecule has 96 valence electrons. The summed E-state index contributed by atoms with van der Waals surface area (Å²) >= 11 is 0. The van der Waals surface area contributed by atoms with Gasteiger partial charge in [-0.05, 0) is 12.0 Å². The minimum absolute atomic E-state index is 0.0534. The van der Waals surface area contributed by atoms with Crippen LogP contribution in [0, 0.1) is 0 Å². The van der Waals surface area contributed by atoms with Gasteiger partial charge in [0.2, 0.25) is 10.0 Å². The van der Waals surface area contributed by atoms with E-state index in [1.54, 1.807) is 18.2 Å². The quantitative estimate of drug-likeness (QED) is 0.867. The first-order valence-electron chi connectivity index (χ1n) is 5.68. The number of aromatic nitrogens is 2. The van der Waals surface area contributed by atoms with Crippen LogP contribution in [0.2, 0.25) is 0 Å². The van der Waals surface area contributed by atoms with Gasteiger partial charge in [-0.2, -0.15) is 5.10 Å². The van der Waals surface area contributed by atoms with Crippen molar-refractivity contribution in [2.24, 2.45) is 0 Å². The Bertz CT molecular complexity index is 605. The summed E-state index contributed by atoms with van der Waals surface area (Å²) in [6, 6.07) is 10.7. The molecule has 2 rings (SSSR count). The minimum atomic E-state index is -3.42. The molecule has 5 nitrogen and oxygen atoms in total. The highest BCUT2D eigenvalue weighted by Crippen LogP contribution is 2.11. The lowest BCUT2D eigenvalue weighted by Crippen LogP contribution is -2.15. The van der Waals surface area contributed by atoms with Crippen molar-refractivity contribution in [3.63, 3.8) is 0 Å². The molecule has 0 saturated heterocycles. The third-order valence-corrected chi connectivity index (χ3v) is 3.70. The Hall–Kier alpha value is -1.82. The van der Waals surface area contributed by atoms with E-state index < -0.39 is 10.0 Å². The second kappa shape index (κ2) is 5.22. The van der Waals surface area contributed by atoms with Crippen LogP contribution < -0.4 is 4.72 Å². The normalized spacial score (nSPS) is 11.4. The lowest BCUT2D eigenvalue weighted by molar-refractivity contribution is 0.600. The van der Waals surface area contributed by atoms with Crippen molar-refractivity contribution < 1.29 is 8.42 Å². The topological polar surface area (TPSA) is 74.8 Å². The molecule has 2 N–H and O–H groups in total. The molecule has 1 aromatic carbocycles. The Morgan fingerprint density at radius 1 is 1.28 bits per heavy atom. The van der Waals surface area contributed by atoms with Gasteiger partial charge in [0.15, 0.2) is 5.82 Å². The average Bonchev–Trinajstić information content (AvgIpc) is 2.76. The number of hydrogen-bond acceptors (Lipinski definition) is 3. The highest BCUT2D eigenvalue weighted by Gasteiger charge is 2.13. The van der Waals surface area contributed by atoms with E-state index in [0.717, 1.165) is 17.7 Å². The lowest BCUT2D eigenvalue weighted by Gasteiger charge is -2.04. The average molecular weight is 265 g/mol. The first-order chi connectivity index (χ1) is 8.59. The molecular weight excluding hydrogens is 250 g/mol. The van der Waals surface area contributed by atoms with Gasteiger partial charge in [0.1, 0.15) is 0 Å². The fourth-order valence-corrected chi connectivity index (χ4v) is 2.71. The smallest absolute Gasteiger partial charge is 0.238 e. The van der Waals surface area contributed by atoms with Crippen LogP contribution in [-0.2, 0) is 22.2 Å². The molecule has 1 aromatic heterocycles. The summed E-state index contributed by atoms with van der Waals surface area (Å²) in [6.45, 7) is 1.97. The molecule has 0 radical (unpaired) electrons. The van der Waals surface area contributed by atoms with Crippen LogP contribution in [0.1, 0.15) is 18.2 Å². The van der Waals surface area contributed by atoms with E-state index in [1.165, 1.54) is 0 Å². The van der Waals surface area contributed by atoms with Crippen LogP contribution >= 0.6 is 0 Å². The number of sulfonamides is 1. The van der Waals surface area contributed by atoms with Gasteiger partial charge in [0, 0.05) is 11.8 Å². The molecule has 18 heavy (non-hydrogen) atoms. The molecule has 0 saturated carbocycles. The van der Waals surface area contributed by atoms with Crippen LogP contribution in [0.3, 0.4) is 0 Å². The van der Waals surface area contributed by atoms with Crippen LogP contribution in [0.4, 0.5) is 5.82 Å². The van der Waals surface area contributed by atoms with Gasteiger partial charge in [-0.3, -0.25) is 9.82 Å². The Morgan fingerprint density at radius 3 is 2.61 bits per heavy atom. The molecule has 0 atom stereocenters. The van der Waals surface area contributed by atoms with Crippen LogP contribution in [0.15, 0.2) is 36.4 Å². The van der Waals surface area contributed by atoms with Crippen molar-refractivity contribution in [1.82, 2.24) is 10.2 Å². The van der Waals surface area contributed by atoms with E-state index in [2.05, 4.69) is 14.9 Å². The number of benzene rings is 1. The van der Waals surface area contributed by atoms with Gasteiger partial charge in [0.25, 0.3) is 0 Å². The van der Waals surface area contributed by atoms with Crippen molar-refractivity contribution in [1.29, 1.82) is 0 Å². The van der Waals surface area contributed by atoms with Gasteiger partial charge in [0.05, 0.1) is 5.75 Å². The zero-order valence-electron chi connectivity index (χ0n) is 10.1. The summed E-state index contributed by atoms with van der Waals surface area (Å²) in [7, 11) is -3.42. The summed E-state index contributed by atoms with van der Waals surface area (Å²) in [5.74, 6) is 0.282. The fourth-order valence-electron chi connectivity index (χ4n) is 1.58. The fraction of sp³-hybridized carbons (Fsp3) is 0.250. The van der Waals surface area contributed by atoms with Crippen LogP contribution in [0.5, 0.6) is 0 Å². The van der Waals surface area contributed by atoms with E-state index in [1.807, 2.05) is 25.1 Å². The van der Waals surface area contributed by atoms with E-state index in [9.17, 15) is 8.42 Å². The summed E-state index contributed by atoms with van der Waals surface area (Å²) in [4.78, 5) is 0. The van der Waals surface area contributed by atoms with Crippen LogP contribution in [-0.4, -0.2) is 18.6 Å². The van der Waals surface area contributed by atoms with E-state index in [4.69, 9.17) is 0 Å². The summed E-state index contributed by atoms with van der Waals surface area (Å²) in [5.41, 5.74) is 1.64. The third-order valence-electron chi connectivity index (χ3n) is 2.47. The molecule has 0 unspecified atom stereocenters. The molecule has 6 heteroatoms. The summed E-state index contributed by atoms with van der Waals surface area (Å²) < 4.78 is 26.3. The number of anilines is 1. The molecule has 0 fully saturated rings. The maximum atomic E-state index is 11.9. The number of aromatic amines is 1. The van der Waals surface area contributed by atoms with Crippen LogP contribution in [0.25, 0.3) is 0 Å². The predicted octanol–water partition coefficient (Wildman–Crippen LogP) is 1.91. The second-order valence-corrected chi connectivity index (χ2v) is 5.70. The number of rotatable bonds is 5. The first kappa shape index (κ1) is 12.6. The summed E-state index contributed by atoms with van der Waals surface area (Å²) in [5, 5.41) is 6.66. The predicted molar refractivity (Wildman–Crippen MR) is 70.7 cm³/mol. The Balaban J connectivity index is 2.08. The number of nitrogens with zero attached hydrogens (tertiary/aromatic N) is 1. The molecule has 1 heterocycles. The van der Waals surface area contributed by atoms with Crippen molar-refractivity contribution in [3.05, 3.63) is 47.7 Å². The largest absolute Gasteiger partial charge is 0.280 e. The lowest BCUT2D eigenvalue weighted by atomic mass is 10.2. The molecule has 0 aliphatic heterocycles. The molecular formula is C12H15N3O2S. The maximum absolute atomic E-state index is 11.9. The van der Waals surface area contributed by atoms with E-state index >= 15 is 0 Å². The minimum Gasteiger partial charge on any atom is -0.280 e. The maximum Gasteiger partial charge on any atom is 0.238 e. The molecule has 0 aliphatic rings. The van der Waals surface area contributed by atoms with Crippen molar-refractivity contribution in [2.75, 3.05) is 4.72 Å². The standard InChI is InChI=1S/C12H15N3O2S/c1-2-11-8-12(14-13-11)15-18(16,17)9-10-6-4-3-5-7-10/h3-8H,2,9H2,1H3,(H2,13,14,15). The zero-order chi connectivity index (χ0) is 13.0. The summed E-state index contributed by atoms with van der Waals surface area (Å²) in [6.07, 6.45) is 0.785. The highest BCUT2D eigenvalue weighted by atomic mass is 32.2. The van der Waals surface area contributed by atoms with Gasteiger partial charge in [-0.1, -0.05) is 37.3 Å². The monoisotopic (exact) mass is 265 g/mol. The molecule has 0 aliphatic carbocycles. The van der Waals surface area contributed by atoms with E-state index in [-0.39, 0.29) is 5.75 Å².